The Hall–Kier alpha value is -2.97. The Balaban J connectivity index is 2.11. The molecule has 4 rings (SSSR count). The highest BCUT2D eigenvalue weighted by atomic mass is 32.2. The van der Waals surface area contributed by atoms with Crippen molar-refractivity contribution in [2.24, 2.45) is 5.41 Å². The predicted octanol–water partition coefficient (Wildman–Crippen LogP) is 4.42. The van der Waals surface area contributed by atoms with Gasteiger partial charge in [-0.05, 0) is 48.6 Å². The third-order valence-electron chi connectivity index (χ3n) is 7.46. The predicted molar refractivity (Wildman–Crippen MR) is 132 cm³/mol. The van der Waals surface area contributed by atoms with Crippen molar-refractivity contribution in [1.29, 1.82) is 0 Å². The molecule has 0 aromatic heterocycles. The summed E-state index contributed by atoms with van der Waals surface area (Å²) in [6.07, 6.45) is 1.76. The van der Waals surface area contributed by atoms with E-state index in [0.29, 0.717) is 24.0 Å². The lowest BCUT2D eigenvalue weighted by Gasteiger charge is -2.46. The summed E-state index contributed by atoms with van der Waals surface area (Å²) in [6, 6.07) is 12.6. The molecule has 0 spiro atoms. The van der Waals surface area contributed by atoms with E-state index in [1.807, 2.05) is 26.0 Å². The highest BCUT2D eigenvalue weighted by Gasteiger charge is 2.74. The zero-order valence-corrected chi connectivity index (χ0v) is 21.4. The van der Waals surface area contributed by atoms with Gasteiger partial charge in [-0.15, -0.1) is 0 Å². The number of fused-ring (bicyclic) bond motifs is 4. The first-order valence-corrected chi connectivity index (χ1v) is 13.1. The molecule has 2 aromatic carbocycles. The molecule has 186 valence electrons. The monoisotopic (exact) mass is 497 g/mol. The van der Waals surface area contributed by atoms with E-state index in [1.54, 1.807) is 36.4 Å². The van der Waals surface area contributed by atoms with Gasteiger partial charge in [-0.1, -0.05) is 68.3 Å². The molecule has 2 aliphatic heterocycles. The van der Waals surface area contributed by atoms with Crippen molar-refractivity contribution in [2.45, 2.75) is 56.0 Å². The minimum atomic E-state index is -4.18. The third kappa shape index (κ3) is 3.45. The van der Waals surface area contributed by atoms with Crippen LogP contribution in [0.3, 0.4) is 0 Å². The van der Waals surface area contributed by atoms with E-state index in [-0.39, 0.29) is 11.3 Å². The van der Waals surface area contributed by atoms with E-state index < -0.39 is 39.0 Å². The standard InChI is InChI=1S/C27H31NO6S/c1-6-7-16-26-17-27(24(29)33-4,25(30)34-5)23(22-11-9-8-10-21(22)19(26)3)28(26)35(31,32)20-14-12-18(2)13-15-20/h8-15,23H,3,6-7,16-17H2,1-2,4-5H3. The summed E-state index contributed by atoms with van der Waals surface area (Å²) in [5, 5.41) is 0. The lowest BCUT2D eigenvalue weighted by molar-refractivity contribution is -0.170. The van der Waals surface area contributed by atoms with E-state index in [9.17, 15) is 18.0 Å². The molecule has 0 aliphatic carbocycles. The van der Waals surface area contributed by atoms with Gasteiger partial charge in [0, 0.05) is 0 Å². The number of hydrogen-bond acceptors (Lipinski definition) is 6. The first kappa shape index (κ1) is 25.1. The molecule has 7 nitrogen and oxygen atoms in total. The summed E-state index contributed by atoms with van der Waals surface area (Å²) in [7, 11) is -1.77. The average molecular weight is 498 g/mol. The summed E-state index contributed by atoms with van der Waals surface area (Å²) in [5.41, 5.74) is -0.319. The van der Waals surface area contributed by atoms with Crippen molar-refractivity contribution in [3.63, 3.8) is 0 Å². The molecule has 0 radical (unpaired) electrons. The minimum Gasteiger partial charge on any atom is -0.468 e. The summed E-state index contributed by atoms with van der Waals surface area (Å²) in [6.45, 7) is 8.24. The number of esters is 2. The number of sulfonamides is 1. The van der Waals surface area contributed by atoms with Gasteiger partial charge in [-0.3, -0.25) is 9.59 Å². The number of aryl methyl sites for hydroxylation is 1. The second-order valence-electron chi connectivity index (χ2n) is 9.35. The Labute approximate surface area is 206 Å². The Morgan fingerprint density at radius 2 is 1.66 bits per heavy atom. The molecule has 2 unspecified atom stereocenters. The molecule has 2 aromatic rings. The summed E-state index contributed by atoms with van der Waals surface area (Å²) in [4.78, 5) is 27.1. The van der Waals surface area contributed by atoms with Crippen LogP contribution in [0.1, 0.15) is 55.3 Å². The SMILES string of the molecule is C=C1c2ccccc2C2N(S(=O)(=O)c3ccc(C)cc3)C1(CCCC)CC2(C(=O)OC)C(=O)OC. The van der Waals surface area contributed by atoms with Gasteiger partial charge in [0.15, 0.2) is 5.41 Å². The number of nitrogens with zero attached hydrogens (tertiary/aromatic N) is 1. The van der Waals surface area contributed by atoms with Crippen LogP contribution in [0, 0.1) is 12.3 Å². The molecule has 35 heavy (non-hydrogen) atoms. The van der Waals surface area contributed by atoms with Crippen molar-refractivity contribution in [3.8, 4) is 0 Å². The van der Waals surface area contributed by atoms with Crippen molar-refractivity contribution in [2.75, 3.05) is 14.2 Å². The van der Waals surface area contributed by atoms with Crippen LogP contribution in [-0.2, 0) is 29.1 Å². The van der Waals surface area contributed by atoms with E-state index >= 15 is 0 Å². The van der Waals surface area contributed by atoms with Gasteiger partial charge in [0.2, 0.25) is 10.0 Å². The van der Waals surface area contributed by atoms with E-state index in [0.717, 1.165) is 17.5 Å². The number of rotatable bonds is 7. The van der Waals surface area contributed by atoms with Crippen LogP contribution >= 0.6 is 0 Å². The fourth-order valence-electron chi connectivity index (χ4n) is 5.80. The lowest BCUT2D eigenvalue weighted by atomic mass is 9.74. The van der Waals surface area contributed by atoms with Gasteiger partial charge in [-0.25, -0.2) is 8.42 Å². The minimum absolute atomic E-state index is 0.0895. The molecule has 1 fully saturated rings. The smallest absolute Gasteiger partial charge is 0.325 e. The Morgan fingerprint density at radius 1 is 1.06 bits per heavy atom. The van der Waals surface area contributed by atoms with Crippen molar-refractivity contribution in [3.05, 3.63) is 71.8 Å². The van der Waals surface area contributed by atoms with Crippen molar-refractivity contribution < 1.29 is 27.5 Å². The normalized spacial score (nSPS) is 23.0. The zero-order valence-electron chi connectivity index (χ0n) is 20.5. The van der Waals surface area contributed by atoms with Crippen LogP contribution in [0.15, 0.2) is 60.0 Å². The molecular weight excluding hydrogens is 466 g/mol. The summed E-state index contributed by atoms with van der Waals surface area (Å²) < 4.78 is 40.4. The fourth-order valence-corrected chi connectivity index (χ4v) is 7.81. The van der Waals surface area contributed by atoms with E-state index in [4.69, 9.17) is 9.47 Å². The van der Waals surface area contributed by atoms with Gasteiger partial charge in [-0.2, -0.15) is 4.31 Å². The topological polar surface area (TPSA) is 90.0 Å². The van der Waals surface area contributed by atoms with Crippen LogP contribution in [0.4, 0.5) is 0 Å². The Bertz CT molecular complexity index is 1270. The number of methoxy groups -OCH3 is 2. The zero-order chi connectivity index (χ0) is 25.6. The summed E-state index contributed by atoms with van der Waals surface area (Å²) >= 11 is 0. The number of carbonyl (C=O) groups is 2. The van der Waals surface area contributed by atoms with Crippen molar-refractivity contribution >= 4 is 27.5 Å². The molecule has 2 bridgehead atoms. The molecule has 8 heteroatoms. The van der Waals surface area contributed by atoms with Crippen LogP contribution in [0.5, 0.6) is 0 Å². The second kappa shape index (κ2) is 8.91. The molecule has 2 heterocycles. The molecule has 0 saturated carbocycles. The van der Waals surface area contributed by atoms with Crippen molar-refractivity contribution in [1.82, 2.24) is 4.31 Å². The fraction of sp³-hybridized carbons (Fsp3) is 0.407. The molecule has 2 atom stereocenters. The third-order valence-corrected chi connectivity index (χ3v) is 9.40. The lowest BCUT2D eigenvalue weighted by Crippen LogP contribution is -2.52. The van der Waals surface area contributed by atoms with Gasteiger partial charge < -0.3 is 9.47 Å². The maximum atomic E-state index is 14.4. The number of unbranched alkanes of at least 4 members (excludes halogenated alkanes) is 1. The Kier molecular flexibility index (Phi) is 6.40. The van der Waals surface area contributed by atoms with Gasteiger partial charge in [0.05, 0.1) is 30.7 Å². The van der Waals surface area contributed by atoms with Gasteiger partial charge in [0.25, 0.3) is 0 Å². The average Bonchev–Trinajstić information content (AvgIpc) is 3.15. The van der Waals surface area contributed by atoms with E-state index in [2.05, 4.69) is 6.58 Å². The Morgan fingerprint density at radius 3 is 2.23 bits per heavy atom. The maximum absolute atomic E-state index is 14.4. The quantitative estimate of drug-likeness (QED) is 0.416. The van der Waals surface area contributed by atoms with Crippen LogP contribution in [0.2, 0.25) is 0 Å². The van der Waals surface area contributed by atoms with Crippen LogP contribution in [0.25, 0.3) is 5.57 Å². The molecule has 0 amide bonds. The summed E-state index contributed by atoms with van der Waals surface area (Å²) in [5.74, 6) is -1.64. The van der Waals surface area contributed by atoms with Gasteiger partial charge >= 0.3 is 11.9 Å². The van der Waals surface area contributed by atoms with E-state index in [1.165, 1.54) is 18.5 Å². The number of benzene rings is 2. The maximum Gasteiger partial charge on any atom is 0.325 e. The largest absolute Gasteiger partial charge is 0.468 e. The molecule has 1 saturated heterocycles. The van der Waals surface area contributed by atoms with Gasteiger partial charge in [0.1, 0.15) is 0 Å². The number of carbonyl (C=O) groups excluding carboxylic acids is 2. The second-order valence-corrected chi connectivity index (χ2v) is 11.2. The first-order chi connectivity index (χ1) is 16.6. The first-order valence-electron chi connectivity index (χ1n) is 11.7. The number of ether oxygens (including phenoxy) is 2. The van der Waals surface area contributed by atoms with Crippen LogP contribution < -0.4 is 0 Å². The number of hydrogen-bond donors (Lipinski definition) is 0. The highest BCUT2D eigenvalue weighted by Crippen LogP contribution is 2.66. The highest BCUT2D eigenvalue weighted by molar-refractivity contribution is 7.89. The molecule has 0 N–H and O–H groups in total. The molecular formula is C27H31NO6S. The van der Waals surface area contributed by atoms with Crippen LogP contribution in [-0.4, -0.2) is 44.4 Å². The molecule has 2 aliphatic rings.